The number of rotatable bonds is 3. The quantitative estimate of drug-likeness (QED) is 0.538. The van der Waals surface area contributed by atoms with Gasteiger partial charge in [-0.25, -0.2) is 0 Å². The van der Waals surface area contributed by atoms with Crippen LogP contribution in [0.4, 0.5) is 0 Å². The van der Waals surface area contributed by atoms with E-state index in [1.807, 2.05) is 21.1 Å². The largest absolute Gasteiger partial charge is 0.313 e. The van der Waals surface area contributed by atoms with Crippen LogP contribution >= 0.6 is 0 Å². The van der Waals surface area contributed by atoms with E-state index in [0.717, 1.165) is 0 Å². The summed E-state index contributed by atoms with van der Waals surface area (Å²) in [6.45, 7) is 0. The molecule has 0 amide bonds. The summed E-state index contributed by atoms with van der Waals surface area (Å²) in [5, 5.41) is 9.97. The van der Waals surface area contributed by atoms with E-state index in [1.165, 1.54) is 31.7 Å². The van der Waals surface area contributed by atoms with Crippen LogP contribution in [0.3, 0.4) is 0 Å². The number of nitrogens with one attached hydrogen (secondary N) is 3. The van der Waals surface area contributed by atoms with Crippen LogP contribution in [0.25, 0.3) is 0 Å². The molecule has 0 aromatic carbocycles. The van der Waals surface area contributed by atoms with Crippen LogP contribution in [0.5, 0.6) is 0 Å². The van der Waals surface area contributed by atoms with Crippen molar-refractivity contribution < 1.29 is 0 Å². The summed E-state index contributed by atoms with van der Waals surface area (Å²) in [5.74, 6) is 0. The van der Waals surface area contributed by atoms with Gasteiger partial charge in [0.05, 0.1) is 5.66 Å². The van der Waals surface area contributed by atoms with E-state index < -0.39 is 0 Å². The third-order valence-corrected chi connectivity index (χ3v) is 3.02. The molecule has 1 saturated carbocycles. The molecule has 1 aliphatic rings. The average molecular weight is 170 g/mol. The van der Waals surface area contributed by atoms with E-state index in [2.05, 4.69) is 16.0 Å². The fraction of sp³-hybridized carbons (Fsp3) is 0.889. The van der Waals surface area contributed by atoms with Crippen LogP contribution in [0, 0.1) is 6.04 Å². The molecule has 3 N–H and O–H groups in total. The first-order valence-electron chi connectivity index (χ1n) is 4.66. The topological polar surface area (TPSA) is 36.1 Å². The van der Waals surface area contributed by atoms with Crippen molar-refractivity contribution in [1.82, 2.24) is 16.0 Å². The van der Waals surface area contributed by atoms with Crippen LogP contribution in [0.2, 0.25) is 0 Å². The zero-order chi connectivity index (χ0) is 9.03. The molecule has 1 rings (SSSR count). The van der Waals surface area contributed by atoms with E-state index in [9.17, 15) is 0 Å². The summed E-state index contributed by atoms with van der Waals surface area (Å²) in [7, 11) is 6.07. The van der Waals surface area contributed by atoms with Gasteiger partial charge in [-0.1, -0.05) is 0 Å². The Morgan fingerprint density at radius 2 is 1.50 bits per heavy atom. The van der Waals surface area contributed by atoms with Crippen LogP contribution in [-0.4, -0.2) is 26.8 Å². The molecule has 0 heterocycles. The van der Waals surface area contributed by atoms with Crippen molar-refractivity contribution in [3.05, 3.63) is 6.04 Å². The molecule has 12 heavy (non-hydrogen) atoms. The molecule has 0 saturated heterocycles. The molecule has 1 radical (unpaired) electrons. The Morgan fingerprint density at radius 1 is 1.00 bits per heavy atom. The molecule has 3 nitrogen and oxygen atoms in total. The molecule has 1 fully saturated rings. The molecular formula is C9H20N3. The monoisotopic (exact) mass is 170 g/mol. The fourth-order valence-corrected chi connectivity index (χ4v) is 1.85. The van der Waals surface area contributed by atoms with Gasteiger partial charge in [0, 0.05) is 6.04 Å². The van der Waals surface area contributed by atoms with Crippen molar-refractivity contribution in [1.29, 1.82) is 0 Å². The Morgan fingerprint density at radius 3 is 1.83 bits per heavy atom. The molecule has 0 aromatic heterocycles. The zero-order valence-corrected chi connectivity index (χ0v) is 8.33. The van der Waals surface area contributed by atoms with Crippen molar-refractivity contribution in [3.8, 4) is 0 Å². The predicted molar refractivity (Wildman–Crippen MR) is 51.6 cm³/mol. The van der Waals surface area contributed by atoms with Crippen LogP contribution < -0.4 is 16.0 Å². The lowest BCUT2D eigenvalue weighted by Crippen LogP contribution is -2.56. The van der Waals surface area contributed by atoms with Crippen molar-refractivity contribution in [2.75, 3.05) is 21.1 Å². The normalized spacial score (nSPS) is 24.2. The van der Waals surface area contributed by atoms with Crippen molar-refractivity contribution >= 4 is 0 Å². The highest BCUT2D eigenvalue weighted by Crippen LogP contribution is 2.29. The standard InChI is InChI=1S/C9H20N3/c1-10-8-4-6-9(11-2,12-3)7-5-8/h10-12H,4-7H2,1-3H3. The molecule has 3 heteroatoms. The zero-order valence-electron chi connectivity index (χ0n) is 8.33. The predicted octanol–water partition coefficient (Wildman–Crippen LogP) is 0.447. The van der Waals surface area contributed by atoms with Crippen LogP contribution in [-0.2, 0) is 0 Å². The Labute approximate surface area is 75.3 Å². The van der Waals surface area contributed by atoms with Crippen LogP contribution in [0.15, 0.2) is 0 Å². The van der Waals surface area contributed by atoms with Gasteiger partial charge < -0.3 is 16.0 Å². The first-order valence-corrected chi connectivity index (χ1v) is 4.66. The number of hydrogen-bond donors (Lipinski definition) is 3. The molecule has 0 aromatic rings. The smallest absolute Gasteiger partial charge is 0.0683 e. The Balaban J connectivity index is 2.42. The van der Waals surface area contributed by atoms with Gasteiger partial charge in [-0.15, -0.1) is 0 Å². The average Bonchev–Trinajstić information content (AvgIpc) is 2.18. The highest BCUT2D eigenvalue weighted by Gasteiger charge is 2.31. The summed E-state index contributed by atoms with van der Waals surface area (Å²) in [6, 6.07) is 1.48. The summed E-state index contributed by atoms with van der Waals surface area (Å²) in [6.07, 6.45) is 4.71. The van der Waals surface area contributed by atoms with Gasteiger partial charge in [0.15, 0.2) is 0 Å². The lowest BCUT2D eigenvalue weighted by atomic mass is 9.86. The highest BCUT2D eigenvalue weighted by molar-refractivity contribution is 4.99. The summed E-state index contributed by atoms with van der Waals surface area (Å²) >= 11 is 0. The molecular weight excluding hydrogens is 150 g/mol. The first-order chi connectivity index (χ1) is 5.76. The van der Waals surface area contributed by atoms with Gasteiger partial charge in [0.1, 0.15) is 0 Å². The molecule has 1 aliphatic carbocycles. The third kappa shape index (κ3) is 1.97. The maximum Gasteiger partial charge on any atom is 0.0683 e. The van der Waals surface area contributed by atoms with Crippen molar-refractivity contribution in [2.45, 2.75) is 31.3 Å². The summed E-state index contributed by atoms with van der Waals surface area (Å²) < 4.78 is 0. The third-order valence-electron chi connectivity index (χ3n) is 3.02. The maximum atomic E-state index is 3.36. The van der Waals surface area contributed by atoms with E-state index >= 15 is 0 Å². The second-order valence-electron chi connectivity index (χ2n) is 3.44. The molecule has 0 bridgehead atoms. The van der Waals surface area contributed by atoms with Gasteiger partial charge in [-0.2, -0.15) is 0 Å². The van der Waals surface area contributed by atoms with Gasteiger partial charge in [-0.3, -0.25) is 0 Å². The van der Waals surface area contributed by atoms with Crippen LogP contribution in [0.1, 0.15) is 25.7 Å². The summed E-state index contributed by atoms with van der Waals surface area (Å²) in [5.41, 5.74) is 0.181. The SMILES string of the molecule is CN[C]1CCC(NC)(NC)CC1. The lowest BCUT2D eigenvalue weighted by Gasteiger charge is -2.39. The van der Waals surface area contributed by atoms with E-state index in [4.69, 9.17) is 0 Å². The number of hydrogen-bond acceptors (Lipinski definition) is 3. The summed E-state index contributed by atoms with van der Waals surface area (Å²) in [4.78, 5) is 0. The molecule has 0 spiro atoms. The molecule has 0 unspecified atom stereocenters. The second-order valence-corrected chi connectivity index (χ2v) is 3.44. The Bertz CT molecular complexity index is 122. The van der Waals surface area contributed by atoms with Crippen molar-refractivity contribution in [2.24, 2.45) is 0 Å². The highest BCUT2D eigenvalue weighted by atomic mass is 15.2. The Kier molecular flexibility index (Phi) is 3.50. The van der Waals surface area contributed by atoms with Gasteiger partial charge >= 0.3 is 0 Å². The minimum atomic E-state index is 0.181. The van der Waals surface area contributed by atoms with Gasteiger partial charge in [0.25, 0.3) is 0 Å². The molecule has 0 aliphatic heterocycles. The first kappa shape index (κ1) is 9.96. The van der Waals surface area contributed by atoms with Crippen molar-refractivity contribution in [3.63, 3.8) is 0 Å². The minimum absolute atomic E-state index is 0.181. The lowest BCUT2D eigenvalue weighted by molar-refractivity contribution is 0.212. The molecule has 0 atom stereocenters. The minimum Gasteiger partial charge on any atom is -0.313 e. The second kappa shape index (κ2) is 4.21. The van der Waals surface area contributed by atoms with E-state index in [-0.39, 0.29) is 5.66 Å². The Hall–Kier alpha value is -0.120. The maximum absolute atomic E-state index is 3.36. The van der Waals surface area contributed by atoms with Gasteiger partial charge in [-0.05, 0) is 46.8 Å². The van der Waals surface area contributed by atoms with E-state index in [0.29, 0.717) is 0 Å². The van der Waals surface area contributed by atoms with E-state index in [1.54, 1.807) is 0 Å². The van der Waals surface area contributed by atoms with Gasteiger partial charge in [0.2, 0.25) is 0 Å². The molecule has 71 valence electrons. The fourth-order valence-electron chi connectivity index (χ4n) is 1.85.